The molecule has 0 saturated carbocycles. The number of benzene rings is 2. The topological polar surface area (TPSA) is 98.9 Å². The number of hydrazone groups is 1. The Hall–Kier alpha value is -3.17. The molecule has 156 valence electrons. The number of anilines is 1. The lowest BCUT2D eigenvalue weighted by Gasteiger charge is -2.11. The average molecular weight is 447 g/mol. The zero-order chi connectivity index (χ0) is 21.5. The molecule has 0 atom stereocenters. The molecule has 1 aromatic heterocycles. The van der Waals surface area contributed by atoms with Crippen LogP contribution in [0.4, 0.5) is 10.8 Å². The number of ether oxygens (including phenoxy) is 2. The van der Waals surface area contributed by atoms with Gasteiger partial charge in [0, 0.05) is 27.6 Å². The van der Waals surface area contributed by atoms with Crippen LogP contribution < -0.4 is 14.9 Å². The zero-order valence-electron chi connectivity index (χ0n) is 16.3. The number of aromatic nitrogens is 1. The number of nitro benzene ring substituents is 1. The van der Waals surface area contributed by atoms with E-state index in [9.17, 15) is 10.1 Å². The molecule has 30 heavy (non-hydrogen) atoms. The monoisotopic (exact) mass is 446 g/mol. The van der Waals surface area contributed by atoms with E-state index in [0.29, 0.717) is 28.1 Å². The van der Waals surface area contributed by atoms with Gasteiger partial charge in [0.1, 0.15) is 0 Å². The molecule has 0 radical (unpaired) electrons. The number of nitro groups is 1. The van der Waals surface area contributed by atoms with Crippen LogP contribution in [0.3, 0.4) is 0 Å². The predicted octanol–water partition coefficient (Wildman–Crippen LogP) is 5.62. The Morgan fingerprint density at radius 3 is 2.63 bits per heavy atom. The van der Waals surface area contributed by atoms with Crippen molar-refractivity contribution in [1.29, 1.82) is 0 Å². The number of halogens is 1. The van der Waals surface area contributed by atoms with Crippen LogP contribution in [0.1, 0.15) is 19.4 Å². The number of rotatable bonds is 9. The highest BCUT2D eigenvalue weighted by Crippen LogP contribution is 2.38. The molecule has 0 bridgehead atoms. The van der Waals surface area contributed by atoms with Gasteiger partial charge in [-0.15, -0.1) is 11.3 Å². The van der Waals surface area contributed by atoms with E-state index in [1.165, 1.54) is 23.6 Å². The summed E-state index contributed by atoms with van der Waals surface area (Å²) in [7, 11) is 0. The molecule has 0 saturated heterocycles. The van der Waals surface area contributed by atoms with Gasteiger partial charge in [0.15, 0.2) is 5.75 Å². The molecule has 0 aliphatic carbocycles. The van der Waals surface area contributed by atoms with Crippen molar-refractivity contribution in [2.45, 2.75) is 13.8 Å². The molecule has 0 fully saturated rings. The molecular formula is C20H19ClN4O4S. The maximum Gasteiger partial charge on any atom is 0.315 e. The van der Waals surface area contributed by atoms with E-state index in [2.05, 4.69) is 15.5 Å². The van der Waals surface area contributed by atoms with Crippen LogP contribution in [-0.2, 0) is 0 Å². The molecule has 0 aliphatic heterocycles. The molecular weight excluding hydrogens is 428 g/mol. The fraction of sp³-hybridized carbons (Fsp3) is 0.200. The lowest BCUT2D eigenvalue weighted by Crippen LogP contribution is -2.03. The van der Waals surface area contributed by atoms with E-state index >= 15 is 0 Å². The molecule has 0 spiro atoms. The van der Waals surface area contributed by atoms with E-state index in [1.54, 1.807) is 32.0 Å². The first-order chi connectivity index (χ1) is 14.5. The van der Waals surface area contributed by atoms with Crippen molar-refractivity contribution in [3.8, 4) is 22.8 Å². The van der Waals surface area contributed by atoms with Crippen LogP contribution in [0.5, 0.6) is 11.5 Å². The minimum atomic E-state index is -0.502. The second-order valence-corrected chi connectivity index (χ2v) is 7.20. The Labute approximate surface area is 182 Å². The molecule has 3 aromatic rings. The van der Waals surface area contributed by atoms with Gasteiger partial charge in [-0.25, -0.2) is 4.98 Å². The smallest absolute Gasteiger partial charge is 0.315 e. The van der Waals surface area contributed by atoms with Crippen molar-refractivity contribution in [3.63, 3.8) is 0 Å². The summed E-state index contributed by atoms with van der Waals surface area (Å²) in [6, 6.07) is 10.4. The normalized spacial score (nSPS) is 10.9. The van der Waals surface area contributed by atoms with Crippen molar-refractivity contribution in [2.24, 2.45) is 5.10 Å². The zero-order valence-corrected chi connectivity index (χ0v) is 17.9. The number of nitrogens with zero attached hydrogens (tertiary/aromatic N) is 3. The Morgan fingerprint density at radius 2 is 1.97 bits per heavy atom. The van der Waals surface area contributed by atoms with Crippen molar-refractivity contribution >= 4 is 40.0 Å². The van der Waals surface area contributed by atoms with Gasteiger partial charge in [-0.05, 0) is 32.0 Å². The maximum absolute atomic E-state index is 11.5. The lowest BCUT2D eigenvalue weighted by molar-refractivity contribution is -0.385. The fourth-order valence-corrected chi connectivity index (χ4v) is 3.41. The average Bonchev–Trinajstić information content (AvgIpc) is 3.19. The van der Waals surface area contributed by atoms with E-state index in [0.717, 1.165) is 11.3 Å². The molecule has 1 N–H and O–H groups in total. The summed E-state index contributed by atoms with van der Waals surface area (Å²) in [5, 5.41) is 18.7. The molecule has 10 heteroatoms. The number of hydrogen-bond donors (Lipinski definition) is 1. The molecule has 2 aromatic carbocycles. The highest BCUT2D eigenvalue weighted by Gasteiger charge is 2.22. The molecule has 0 aliphatic rings. The maximum atomic E-state index is 11.5. The summed E-state index contributed by atoms with van der Waals surface area (Å²) < 4.78 is 10.9. The predicted molar refractivity (Wildman–Crippen MR) is 119 cm³/mol. The van der Waals surface area contributed by atoms with Gasteiger partial charge >= 0.3 is 5.69 Å². The van der Waals surface area contributed by atoms with Gasteiger partial charge in [0.25, 0.3) is 0 Å². The fourth-order valence-electron chi connectivity index (χ4n) is 2.61. The minimum absolute atomic E-state index is 0.113. The highest BCUT2D eigenvalue weighted by atomic mass is 35.5. The van der Waals surface area contributed by atoms with Crippen molar-refractivity contribution in [2.75, 3.05) is 18.6 Å². The van der Waals surface area contributed by atoms with Gasteiger partial charge in [-0.1, -0.05) is 23.7 Å². The first-order valence-electron chi connectivity index (χ1n) is 9.10. The van der Waals surface area contributed by atoms with E-state index in [4.69, 9.17) is 21.1 Å². The quantitative estimate of drug-likeness (QED) is 0.260. The summed E-state index contributed by atoms with van der Waals surface area (Å²) >= 11 is 7.30. The Balaban J connectivity index is 1.79. The molecule has 8 nitrogen and oxygen atoms in total. The van der Waals surface area contributed by atoms with Crippen LogP contribution in [0, 0.1) is 10.1 Å². The molecule has 0 amide bonds. The minimum Gasteiger partial charge on any atom is -0.490 e. The van der Waals surface area contributed by atoms with Gasteiger partial charge in [-0.3, -0.25) is 15.5 Å². The number of thiazole rings is 1. The highest BCUT2D eigenvalue weighted by molar-refractivity contribution is 7.14. The molecule has 3 rings (SSSR count). The summed E-state index contributed by atoms with van der Waals surface area (Å²) in [5.41, 5.74) is 4.90. The van der Waals surface area contributed by atoms with Gasteiger partial charge in [0.05, 0.1) is 30.0 Å². The standard InChI is InChI=1S/C20H19ClN4O4S/c1-3-28-18-10-13(9-17(25(26)27)19(18)29-4-2)11-22-24-20-23-16(12-30-20)14-5-7-15(21)8-6-14/h5-12H,3-4H2,1-2H3,(H,23,24)/b22-11-. The first kappa shape index (κ1) is 21.5. The molecule has 1 heterocycles. The third-order valence-corrected chi connectivity index (χ3v) is 4.86. The third-order valence-electron chi connectivity index (χ3n) is 3.86. The lowest BCUT2D eigenvalue weighted by atomic mass is 10.2. The van der Waals surface area contributed by atoms with E-state index in [-0.39, 0.29) is 18.0 Å². The summed E-state index contributed by atoms with van der Waals surface area (Å²) in [6.45, 7) is 4.19. The van der Waals surface area contributed by atoms with Crippen molar-refractivity contribution < 1.29 is 14.4 Å². The van der Waals surface area contributed by atoms with Crippen LogP contribution in [0.25, 0.3) is 11.3 Å². The van der Waals surface area contributed by atoms with Gasteiger partial charge in [0.2, 0.25) is 10.9 Å². The van der Waals surface area contributed by atoms with Gasteiger partial charge < -0.3 is 9.47 Å². The SMILES string of the molecule is CCOc1cc(/C=N\Nc2nc(-c3ccc(Cl)cc3)cs2)cc([N+](=O)[O-])c1OCC. The van der Waals surface area contributed by atoms with Crippen LogP contribution in [0.2, 0.25) is 5.02 Å². The number of hydrogen-bond acceptors (Lipinski definition) is 8. The van der Waals surface area contributed by atoms with Crippen molar-refractivity contribution in [3.05, 3.63) is 62.5 Å². The van der Waals surface area contributed by atoms with Crippen LogP contribution in [-0.4, -0.2) is 29.3 Å². The number of nitrogens with one attached hydrogen (secondary N) is 1. The van der Waals surface area contributed by atoms with Gasteiger partial charge in [-0.2, -0.15) is 5.10 Å². The summed E-state index contributed by atoms with van der Waals surface area (Å²) in [6.07, 6.45) is 1.47. The van der Waals surface area contributed by atoms with E-state index < -0.39 is 4.92 Å². The van der Waals surface area contributed by atoms with Crippen LogP contribution >= 0.6 is 22.9 Å². The Morgan fingerprint density at radius 1 is 1.23 bits per heavy atom. The first-order valence-corrected chi connectivity index (χ1v) is 10.4. The third kappa shape index (κ3) is 5.25. The summed E-state index contributed by atoms with van der Waals surface area (Å²) in [4.78, 5) is 15.4. The molecule has 0 unspecified atom stereocenters. The largest absolute Gasteiger partial charge is 0.490 e. The Kier molecular flexibility index (Phi) is 7.21. The Bertz CT molecular complexity index is 1050. The second kappa shape index (κ2) is 10.0. The van der Waals surface area contributed by atoms with Crippen molar-refractivity contribution in [1.82, 2.24) is 4.98 Å². The second-order valence-electron chi connectivity index (χ2n) is 5.91. The summed E-state index contributed by atoms with van der Waals surface area (Å²) in [5.74, 6) is 0.413. The van der Waals surface area contributed by atoms with E-state index in [1.807, 2.05) is 17.5 Å². The van der Waals surface area contributed by atoms with Crippen LogP contribution in [0.15, 0.2) is 46.9 Å².